The van der Waals surface area contributed by atoms with Crippen molar-refractivity contribution in [3.63, 3.8) is 0 Å². The highest BCUT2D eigenvalue weighted by molar-refractivity contribution is 5.41. The van der Waals surface area contributed by atoms with Crippen LogP contribution in [0.2, 0.25) is 0 Å². The van der Waals surface area contributed by atoms with Crippen molar-refractivity contribution in [3.8, 4) is 0 Å². The quantitative estimate of drug-likeness (QED) is 0.869. The minimum absolute atomic E-state index is 0.0757. The van der Waals surface area contributed by atoms with E-state index < -0.39 is 0 Å². The zero-order valence-electron chi connectivity index (χ0n) is 10.9. The summed E-state index contributed by atoms with van der Waals surface area (Å²) < 4.78 is 1.74. The van der Waals surface area contributed by atoms with E-state index in [9.17, 15) is 4.79 Å². The van der Waals surface area contributed by atoms with Crippen LogP contribution in [0, 0.1) is 11.8 Å². The Morgan fingerprint density at radius 2 is 2.12 bits per heavy atom. The van der Waals surface area contributed by atoms with Gasteiger partial charge < -0.3 is 9.88 Å². The fourth-order valence-electron chi connectivity index (χ4n) is 2.42. The van der Waals surface area contributed by atoms with Gasteiger partial charge >= 0.3 is 0 Å². The molecule has 1 N–H and O–H groups in total. The Morgan fingerprint density at radius 1 is 1.41 bits per heavy atom. The molecule has 1 heterocycles. The van der Waals surface area contributed by atoms with Crippen molar-refractivity contribution in [1.29, 1.82) is 0 Å². The van der Waals surface area contributed by atoms with Crippen molar-refractivity contribution in [2.45, 2.75) is 46.2 Å². The smallest absolute Gasteiger partial charge is 0.250 e. The van der Waals surface area contributed by atoms with E-state index in [4.69, 9.17) is 0 Å². The lowest BCUT2D eigenvalue weighted by molar-refractivity contribution is 0.212. The van der Waals surface area contributed by atoms with Crippen LogP contribution in [0.1, 0.15) is 33.6 Å². The minimum Gasteiger partial charge on any atom is -0.381 e. The van der Waals surface area contributed by atoms with Crippen LogP contribution in [0.4, 0.5) is 5.69 Å². The number of aromatic nitrogens is 1. The summed E-state index contributed by atoms with van der Waals surface area (Å²) in [5.74, 6) is 1.65. The van der Waals surface area contributed by atoms with Crippen LogP contribution in [0.15, 0.2) is 23.1 Å². The summed E-state index contributed by atoms with van der Waals surface area (Å²) in [6.45, 7) is 7.30. The number of hydrogen-bond donors (Lipinski definition) is 1. The van der Waals surface area contributed by atoms with E-state index in [0.29, 0.717) is 6.04 Å². The molecule has 0 radical (unpaired) electrons. The summed E-state index contributed by atoms with van der Waals surface area (Å²) in [6, 6.07) is 4.12. The molecule has 0 atom stereocenters. The first kappa shape index (κ1) is 12.2. The number of pyridine rings is 1. The van der Waals surface area contributed by atoms with Crippen LogP contribution >= 0.6 is 0 Å². The largest absolute Gasteiger partial charge is 0.381 e. The van der Waals surface area contributed by atoms with Gasteiger partial charge in [-0.05, 0) is 37.7 Å². The summed E-state index contributed by atoms with van der Waals surface area (Å²) in [6.07, 6.45) is 4.43. The highest BCUT2D eigenvalue weighted by Gasteiger charge is 2.30. The Balaban J connectivity index is 1.95. The molecule has 0 aliphatic heterocycles. The number of rotatable bonds is 4. The third-order valence-corrected chi connectivity index (χ3v) is 3.81. The summed E-state index contributed by atoms with van der Waals surface area (Å²) in [7, 11) is 0. The van der Waals surface area contributed by atoms with Crippen LogP contribution < -0.4 is 10.9 Å². The average molecular weight is 234 g/mol. The fraction of sp³-hybridized carbons (Fsp3) is 0.643. The maximum absolute atomic E-state index is 11.4. The Labute approximate surface area is 103 Å². The molecular formula is C14H22N2O. The third-order valence-electron chi connectivity index (χ3n) is 3.81. The second-order valence-electron chi connectivity index (χ2n) is 5.36. The van der Waals surface area contributed by atoms with Crippen molar-refractivity contribution in [2.75, 3.05) is 5.32 Å². The van der Waals surface area contributed by atoms with Gasteiger partial charge in [0, 0.05) is 24.8 Å². The normalized spacial score (nSPS) is 23.5. The summed E-state index contributed by atoms with van der Waals surface area (Å²) in [5.41, 5.74) is 1.14. The average Bonchev–Trinajstić information content (AvgIpc) is 2.24. The molecule has 1 saturated carbocycles. The van der Waals surface area contributed by atoms with Gasteiger partial charge in [0.2, 0.25) is 0 Å². The second kappa shape index (κ2) is 4.94. The lowest BCUT2D eigenvalue weighted by atomic mass is 9.73. The highest BCUT2D eigenvalue weighted by atomic mass is 16.1. The molecular weight excluding hydrogens is 212 g/mol. The van der Waals surface area contributed by atoms with Gasteiger partial charge in [-0.1, -0.05) is 13.8 Å². The van der Waals surface area contributed by atoms with E-state index >= 15 is 0 Å². The SMILES string of the molecule is CCn1cc(NC2CC(C(C)C)C2)ccc1=O. The number of nitrogens with zero attached hydrogens (tertiary/aromatic N) is 1. The molecule has 0 bridgehead atoms. The van der Waals surface area contributed by atoms with Crippen molar-refractivity contribution in [3.05, 3.63) is 28.7 Å². The predicted molar refractivity (Wildman–Crippen MR) is 71.3 cm³/mol. The van der Waals surface area contributed by atoms with E-state index in [0.717, 1.165) is 24.1 Å². The molecule has 2 rings (SSSR count). The third kappa shape index (κ3) is 2.71. The monoisotopic (exact) mass is 234 g/mol. The molecule has 3 heteroatoms. The van der Waals surface area contributed by atoms with Gasteiger partial charge in [0.15, 0.2) is 0 Å². The number of anilines is 1. The minimum atomic E-state index is 0.0757. The van der Waals surface area contributed by atoms with Crippen molar-refractivity contribution < 1.29 is 0 Å². The van der Waals surface area contributed by atoms with Gasteiger partial charge in [-0.25, -0.2) is 0 Å². The maximum Gasteiger partial charge on any atom is 0.250 e. The van der Waals surface area contributed by atoms with Crippen LogP contribution in [-0.4, -0.2) is 10.6 Å². The highest BCUT2D eigenvalue weighted by Crippen LogP contribution is 2.35. The molecule has 0 amide bonds. The number of nitrogens with one attached hydrogen (secondary N) is 1. The van der Waals surface area contributed by atoms with E-state index in [1.807, 2.05) is 19.2 Å². The van der Waals surface area contributed by atoms with Gasteiger partial charge in [-0.2, -0.15) is 0 Å². The Morgan fingerprint density at radius 3 is 2.71 bits per heavy atom. The summed E-state index contributed by atoms with van der Waals surface area (Å²) >= 11 is 0. The van der Waals surface area contributed by atoms with Crippen LogP contribution in [-0.2, 0) is 6.54 Å². The van der Waals surface area contributed by atoms with Crippen LogP contribution in [0.3, 0.4) is 0 Å². The van der Waals surface area contributed by atoms with Crippen molar-refractivity contribution in [2.24, 2.45) is 11.8 Å². The van der Waals surface area contributed by atoms with Gasteiger partial charge in [0.05, 0.1) is 5.69 Å². The summed E-state index contributed by atoms with van der Waals surface area (Å²) in [4.78, 5) is 11.4. The Kier molecular flexibility index (Phi) is 3.55. The lowest BCUT2D eigenvalue weighted by Gasteiger charge is -2.39. The molecule has 17 heavy (non-hydrogen) atoms. The molecule has 1 aromatic heterocycles. The zero-order valence-corrected chi connectivity index (χ0v) is 10.9. The maximum atomic E-state index is 11.4. The molecule has 0 spiro atoms. The fourth-order valence-corrected chi connectivity index (χ4v) is 2.42. The molecule has 0 unspecified atom stereocenters. The van der Waals surface area contributed by atoms with Gasteiger partial charge in [-0.15, -0.1) is 0 Å². The standard InChI is InChI=1S/C14H22N2O/c1-4-16-9-12(5-6-14(16)17)15-13-7-11(8-13)10(2)3/h5-6,9-11,13,15H,4,7-8H2,1-3H3. The molecule has 1 fully saturated rings. The molecule has 1 aliphatic carbocycles. The number of hydrogen-bond acceptors (Lipinski definition) is 2. The summed E-state index contributed by atoms with van der Waals surface area (Å²) in [5, 5.41) is 3.51. The molecule has 0 saturated heterocycles. The first-order chi connectivity index (χ1) is 8.10. The van der Waals surface area contributed by atoms with E-state index in [1.54, 1.807) is 10.6 Å². The van der Waals surface area contributed by atoms with E-state index in [2.05, 4.69) is 19.2 Å². The van der Waals surface area contributed by atoms with Crippen molar-refractivity contribution in [1.82, 2.24) is 4.57 Å². The number of aryl methyl sites for hydroxylation is 1. The van der Waals surface area contributed by atoms with Gasteiger partial charge in [-0.3, -0.25) is 4.79 Å². The molecule has 0 aromatic carbocycles. The Bertz CT molecular complexity index is 430. The molecule has 3 nitrogen and oxygen atoms in total. The second-order valence-corrected chi connectivity index (χ2v) is 5.36. The Hall–Kier alpha value is -1.25. The first-order valence-corrected chi connectivity index (χ1v) is 6.57. The van der Waals surface area contributed by atoms with Crippen molar-refractivity contribution >= 4 is 5.69 Å². The van der Waals surface area contributed by atoms with Gasteiger partial charge in [0.25, 0.3) is 5.56 Å². The first-order valence-electron chi connectivity index (χ1n) is 6.57. The van der Waals surface area contributed by atoms with E-state index in [-0.39, 0.29) is 5.56 Å². The van der Waals surface area contributed by atoms with E-state index in [1.165, 1.54) is 12.8 Å². The molecule has 1 aromatic rings. The zero-order chi connectivity index (χ0) is 12.4. The van der Waals surface area contributed by atoms with Gasteiger partial charge in [0.1, 0.15) is 0 Å². The lowest BCUT2D eigenvalue weighted by Crippen LogP contribution is -2.38. The molecule has 1 aliphatic rings. The van der Waals surface area contributed by atoms with Crippen LogP contribution in [0.5, 0.6) is 0 Å². The predicted octanol–water partition coefficient (Wildman–Crippen LogP) is 2.71. The topological polar surface area (TPSA) is 34.0 Å². The van der Waals surface area contributed by atoms with Crippen LogP contribution in [0.25, 0.3) is 0 Å². The molecule has 94 valence electrons.